The van der Waals surface area contributed by atoms with E-state index in [2.05, 4.69) is 21.2 Å². The number of ether oxygens (including phenoxy) is 2. The summed E-state index contributed by atoms with van der Waals surface area (Å²) >= 11 is 3.36. The minimum atomic E-state index is -4.22. The molecule has 1 unspecified atom stereocenters. The predicted octanol–water partition coefficient (Wildman–Crippen LogP) is 5.30. The van der Waals surface area contributed by atoms with Crippen molar-refractivity contribution >= 4 is 43.5 Å². The van der Waals surface area contributed by atoms with E-state index in [1.54, 1.807) is 62.6 Å². The number of aryl methyl sites for hydroxylation is 1. The van der Waals surface area contributed by atoms with Gasteiger partial charge in [0.1, 0.15) is 24.1 Å². The number of carbonyl (C=O) groups excluding carboxylic acids is 2. The molecule has 0 bridgehead atoms. The molecule has 3 rings (SSSR count). The van der Waals surface area contributed by atoms with Crippen molar-refractivity contribution in [1.82, 2.24) is 10.2 Å². The molecule has 0 aromatic heterocycles. The van der Waals surface area contributed by atoms with Gasteiger partial charge >= 0.3 is 0 Å². The summed E-state index contributed by atoms with van der Waals surface area (Å²) in [7, 11) is -1.19. The molecule has 0 aliphatic heterocycles. The Morgan fingerprint density at radius 1 is 0.976 bits per heavy atom. The van der Waals surface area contributed by atoms with Gasteiger partial charge in [0.2, 0.25) is 11.8 Å². The molecule has 42 heavy (non-hydrogen) atoms. The molecular weight excluding hydrogens is 622 g/mol. The van der Waals surface area contributed by atoms with E-state index < -0.39 is 34.1 Å². The number of amides is 2. The van der Waals surface area contributed by atoms with E-state index in [9.17, 15) is 18.0 Å². The van der Waals surface area contributed by atoms with Crippen LogP contribution < -0.4 is 19.1 Å². The number of rotatable bonds is 11. The SMILES string of the molecule is COc1cccc(CN(C(=O)CN(c2ccc(C)cc2)S(=O)(=O)c2ccc(OC)c(Br)c2)C(C)C(=O)NC(C)(C)C)c1. The first kappa shape index (κ1) is 32.9. The van der Waals surface area contributed by atoms with Crippen molar-refractivity contribution in [1.29, 1.82) is 0 Å². The first-order valence-electron chi connectivity index (χ1n) is 13.3. The molecule has 1 atom stereocenters. The maximum atomic E-state index is 14.1. The van der Waals surface area contributed by atoms with Gasteiger partial charge < -0.3 is 19.7 Å². The van der Waals surface area contributed by atoms with Gasteiger partial charge in [-0.2, -0.15) is 0 Å². The number of benzene rings is 3. The van der Waals surface area contributed by atoms with Crippen molar-refractivity contribution in [2.24, 2.45) is 0 Å². The van der Waals surface area contributed by atoms with Gasteiger partial charge in [0.05, 0.1) is 29.3 Å². The first-order chi connectivity index (χ1) is 19.7. The minimum Gasteiger partial charge on any atom is -0.497 e. The van der Waals surface area contributed by atoms with Crippen LogP contribution in [-0.4, -0.2) is 57.5 Å². The molecule has 11 heteroatoms. The van der Waals surface area contributed by atoms with Gasteiger partial charge in [-0.1, -0.05) is 29.8 Å². The largest absolute Gasteiger partial charge is 0.497 e. The number of halogens is 1. The summed E-state index contributed by atoms with van der Waals surface area (Å²) in [6.45, 7) is 8.60. The van der Waals surface area contributed by atoms with E-state index in [4.69, 9.17) is 9.47 Å². The Hall–Kier alpha value is -3.57. The number of hydrogen-bond acceptors (Lipinski definition) is 6. The molecule has 2 amide bonds. The molecule has 0 saturated carbocycles. The fraction of sp³-hybridized carbons (Fsp3) is 0.355. The summed E-state index contributed by atoms with van der Waals surface area (Å²) in [6.07, 6.45) is 0. The van der Waals surface area contributed by atoms with Crippen molar-refractivity contribution in [3.8, 4) is 11.5 Å². The third-order valence-electron chi connectivity index (χ3n) is 6.46. The Morgan fingerprint density at radius 2 is 1.64 bits per heavy atom. The zero-order valence-electron chi connectivity index (χ0n) is 25.0. The van der Waals surface area contributed by atoms with Gasteiger partial charge in [0, 0.05) is 12.1 Å². The third kappa shape index (κ3) is 8.25. The average Bonchev–Trinajstić information content (AvgIpc) is 2.93. The molecule has 9 nitrogen and oxygen atoms in total. The number of carbonyl (C=O) groups is 2. The number of nitrogens with zero attached hydrogens (tertiary/aromatic N) is 2. The molecule has 0 heterocycles. The van der Waals surface area contributed by atoms with Crippen LogP contribution in [0.5, 0.6) is 11.5 Å². The normalized spacial score (nSPS) is 12.3. The summed E-state index contributed by atoms with van der Waals surface area (Å²) in [5.41, 5.74) is 1.44. The zero-order chi connectivity index (χ0) is 31.2. The van der Waals surface area contributed by atoms with Crippen molar-refractivity contribution in [3.05, 3.63) is 82.3 Å². The zero-order valence-corrected chi connectivity index (χ0v) is 27.4. The number of sulfonamides is 1. The van der Waals surface area contributed by atoms with Crippen LogP contribution in [-0.2, 0) is 26.2 Å². The molecule has 0 aliphatic rings. The Kier molecular flexibility index (Phi) is 10.7. The summed E-state index contributed by atoms with van der Waals surface area (Å²) in [4.78, 5) is 28.7. The van der Waals surface area contributed by atoms with E-state index >= 15 is 0 Å². The molecule has 0 fully saturated rings. The first-order valence-corrected chi connectivity index (χ1v) is 15.6. The third-order valence-corrected chi connectivity index (χ3v) is 8.85. The second kappa shape index (κ2) is 13.6. The molecule has 0 aliphatic carbocycles. The fourth-order valence-corrected chi connectivity index (χ4v) is 6.33. The number of nitrogens with one attached hydrogen (secondary N) is 1. The average molecular weight is 661 g/mol. The Morgan fingerprint density at radius 3 is 2.21 bits per heavy atom. The molecule has 0 spiro atoms. The van der Waals surface area contributed by atoms with Crippen molar-refractivity contribution in [2.75, 3.05) is 25.1 Å². The van der Waals surface area contributed by atoms with Crippen LogP contribution in [0.2, 0.25) is 0 Å². The minimum absolute atomic E-state index is 0.0265. The van der Waals surface area contributed by atoms with Crippen LogP contribution in [0.15, 0.2) is 76.1 Å². The predicted molar refractivity (Wildman–Crippen MR) is 167 cm³/mol. The van der Waals surface area contributed by atoms with Crippen LogP contribution in [0.4, 0.5) is 5.69 Å². The van der Waals surface area contributed by atoms with Gasteiger partial charge in [-0.3, -0.25) is 13.9 Å². The number of methoxy groups -OCH3 is 2. The van der Waals surface area contributed by atoms with Crippen LogP contribution in [0.25, 0.3) is 0 Å². The topological polar surface area (TPSA) is 105 Å². The van der Waals surface area contributed by atoms with E-state index in [1.165, 1.54) is 24.1 Å². The molecule has 3 aromatic rings. The maximum Gasteiger partial charge on any atom is 0.264 e. The van der Waals surface area contributed by atoms with Crippen LogP contribution >= 0.6 is 15.9 Å². The highest BCUT2D eigenvalue weighted by molar-refractivity contribution is 9.10. The van der Waals surface area contributed by atoms with Crippen LogP contribution in [0.3, 0.4) is 0 Å². The van der Waals surface area contributed by atoms with E-state index in [0.29, 0.717) is 21.7 Å². The summed E-state index contributed by atoms with van der Waals surface area (Å²) in [6, 6.07) is 17.5. The van der Waals surface area contributed by atoms with E-state index in [1.807, 2.05) is 33.8 Å². The highest BCUT2D eigenvalue weighted by Gasteiger charge is 2.33. The highest BCUT2D eigenvalue weighted by Crippen LogP contribution is 2.31. The van der Waals surface area contributed by atoms with Gasteiger partial charge in [0.25, 0.3) is 10.0 Å². The molecule has 0 radical (unpaired) electrons. The Labute approximate surface area is 257 Å². The van der Waals surface area contributed by atoms with Gasteiger partial charge in [-0.25, -0.2) is 8.42 Å². The van der Waals surface area contributed by atoms with Crippen molar-refractivity contribution in [3.63, 3.8) is 0 Å². The Bertz CT molecular complexity index is 1520. The lowest BCUT2D eigenvalue weighted by Gasteiger charge is -2.33. The Balaban J connectivity index is 2.07. The molecule has 1 N–H and O–H groups in total. The molecule has 3 aromatic carbocycles. The van der Waals surface area contributed by atoms with Crippen LogP contribution in [0.1, 0.15) is 38.8 Å². The second-order valence-electron chi connectivity index (χ2n) is 10.9. The van der Waals surface area contributed by atoms with Gasteiger partial charge in [-0.15, -0.1) is 0 Å². The number of anilines is 1. The van der Waals surface area contributed by atoms with Gasteiger partial charge in [0.15, 0.2) is 0 Å². The standard InChI is InChI=1S/C31H38BrN3O6S/c1-21-11-13-24(14-12-21)35(42(38,39)26-15-16-28(41-7)27(32)18-26)20-29(36)34(22(2)30(37)33-31(3,4)5)19-23-9-8-10-25(17-23)40-6/h8-18,22H,19-20H2,1-7H3,(H,33,37). The summed E-state index contributed by atoms with van der Waals surface area (Å²) in [5.74, 6) is 0.157. The molecule has 0 saturated heterocycles. The van der Waals surface area contributed by atoms with Crippen LogP contribution in [0, 0.1) is 6.92 Å². The molecule has 226 valence electrons. The second-order valence-corrected chi connectivity index (χ2v) is 13.6. The fourth-order valence-electron chi connectivity index (χ4n) is 4.20. The highest BCUT2D eigenvalue weighted by atomic mass is 79.9. The molecular formula is C31H38BrN3O6S. The van der Waals surface area contributed by atoms with E-state index in [0.717, 1.165) is 15.4 Å². The summed E-state index contributed by atoms with van der Waals surface area (Å²) < 4.78 is 40.2. The smallest absolute Gasteiger partial charge is 0.264 e. The van der Waals surface area contributed by atoms with Crippen molar-refractivity contribution in [2.45, 2.75) is 57.6 Å². The van der Waals surface area contributed by atoms with E-state index in [-0.39, 0.29) is 17.3 Å². The quantitative estimate of drug-likeness (QED) is 0.299. The maximum absolute atomic E-state index is 14.1. The monoisotopic (exact) mass is 659 g/mol. The summed E-state index contributed by atoms with van der Waals surface area (Å²) in [5, 5.41) is 2.92. The number of hydrogen-bond donors (Lipinski definition) is 1. The lowest BCUT2D eigenvalue weighted by molar-refractivity contribution is -0.140. The lowest BCUT2D eigenvalue weighted by atomic mass is 10.1. The van der Waals surface area contributed by atoms with Crippen molar-refractivity contribution < 1.29 is 27.5 Å². The lowest BCUT2D eigenvalue weighted by Crippen LogP contribution is -2.54. The van der Waals surface area contributed by atoms with Gasteiger partial charge in [-0.05, 0) is 98.6 Å².